The molecule has 0 aromatic heterocycles. The Morgan fingerprint density at radius 1 is 0.658 bits per heavy atom. The minimum Gasteiger partial charge on any atom is -1.00 e. The van der Waals surface area contributed by atoms with Crippen molar-refractivity contribution in [3.05, 3.63) is 25.3 Å². The molecule has 0 aliphatic carbocycles. The fourth-order valence-corrected chi connectivity index (χ4v) is 4.08. The Bertz CT molecular complexity index is 825. The van der Waals surface area contributed by atoms with Crippen LogP contribution in [0.1, 0.15) is 112 Å². The van der Waals surface area contributed by atoms with Gasteiger partial charge in [-0.05, 0) is 38.5 Å². The molecule has 0 spiro atoms. The first-order valence-corrected chi connectivity index (χ1v) is 14.3. The summed E-state index contributed by atoms with van der Waals surface area (Å²) in [6.45, 7) is 7.32. The molecule has 0 amide bonds. The molecule has 0 rings (SSSR count). The van der Waals surface area contributed by atoms with Crippen molar-refractivity contribution in [1.29, 1.82) is 0 Å². The van der Waals surface area contributed by atoms with Crippen LogP contribution in [0.3, 0.4) is 0 Å². The van der Waals surface area contributed by atoms with E-state index in [1.54, 1.807) is 0 Å². The van der Waals surface area contributed by atoms with Crippen molar-refractivity contribution in [3.63, 3.8) is 0 Å². The van der Waals surface area contributed by atoms with Gasteiger partial charge in [0.05, 0.1) is 6.42 Å². The molecule has 210 valence electrons. The second kappa shape index (κ2) is 26.9. The molecule has 38 heavy (non-hydrogen) atoms. The fraction of sp³-hybridized carbons (Fsp3) is 0.692. The van der Waals surface area contributed by atoms with Crippen LogP contribution in [0, 0.1) is 0 Å². The maximum atomic E-state index is 12.1. The number of allylic oxidation sites excluding steroid dienone is 2. The van der Waals surface area contributed by atoms with Gasteiger partial charge < -0.3 is 12.3 Å². The maximum Gasteiger partial charge on any atom is 1.00 e. The van der Waals surface area contributed by atoms with E-state index in [9.17, 15) is 32.1 Å². The minimum atomic E-state index is -5.07. The Kier molecular flexibility index (Phi) is 29.8. The molecule has 1 N–H and O–H groups in total. The molecule has 0 aromatic rings. The Morgan fingerprint density at radius 2 is 1.03 bits per heavy atom. The monoisotopic (exact) mass is 578 g/mol. The summed E-state index contributed by atoms with van der Waals surface area (Å²) >= 11 is 0. The van der Waals surface area contributed by atoms with Gasteiger partial charge in [-0.3, -0.25) is 23.7 Å². The second-order valence-corrected chi connectivity index (χ2v) is 10.3. The van der Waals surface area contributed by atoms with Gasteiger partial charge in [0, 0.05) is 12.8 Å². The quantitative estimate of drug-likeness (QED) is 0.0454. The fourth-order valence-electron chi connectivity index (χ4n) is 3.44. The number of ether oxygens (including phenoxy) is 2. The molecule has 9 nitrogen and oxygen atoms in total. The first kappa shape index (κ1) is 42.1. The predicted molar refractivity (Wildman–Crippen MR) is 139 cm³/mol. The molecule has 0 radical (unpaired) electrons. The third kappa shape index (κ3) is 24.7. The average Bonchev–Trinajstić information content (AvgIpc) is 2.80. The number of rotatable bonds is 22. The molecule has 0 aliphatic rings. The summed E-state index contributed by atoms with van der Waals surface area (Å²) in [7, 11) is -5.07. The van der Waals surface area contributed by atoms with Crippen LogP contribution in [0.5, 0.6) is 0 Å². The van der Waals surface area contributed by atoms with E-state index in [1.165, 1.54) is 0 Å². The van der Waals surface area contributed by atoms with Crippen molar-refractivity contribution in [2.45, 2.75) is 114 Å². The van der Waals surface area contributed by atoms with Gasteiger partial charge in [0.25, 0.3) is 10.1 Å². The molecule has 0 saturated heterocycles. The van der Waals surface area contributed by atoms with E-state index in [0.29, 0.717) is 12.8 Å². The molecule has 0 bridgehead atoms. The topological polar surface area (TPSA) is 141 Å². The summed E-state index contributed by atoms with van der Waals surface area (Å²) in [5.74, 6) is -4.68. The Labute approximate surface area is 275 Å². The zero-order chi connectivity index (χ0) is 27.2. The standard InChI is InChI=1S/C26H42O9S.2Na.2H/c1-3-5-7-9-11-13-15-17-19-23(27)34-25(29)21-22(36(31,32)33)26(30)35-24(28)20-18-16-14-12-10-8-6-4-2;;;;/h3-4,22H,1-2,5-21H2,(H,31,32,33);;;;/q;2*+1;2*-1. The van der Waals surface area contributed by atoms with Crippen LogP contribution in [0.2, 0.25) is 0 Å². The van der Waals surface area contributed by atoms with E-state index in [2.05, 4.69) is 22.6 Å². The van der Waals surface area contributed by atoms with E-state index in [1.807, 2.05) is 12.2 Å². The molecular formula is C26H44Na2O9S. The SMILES string of the molecule is C=CCCCCCCCCC(=O)OC(=O)CC(C(=O)OC(=O)CCCCCCCCC=C)S(=O)(=O)O.[H-].[H-].[Na+].[Na+]. The molecule has 1 unspecified atom stereocenters. The average molecular weight is 579 g/mol. The molecule has 0 aliphatic heterocycles. The van der Waals surface area contributed by atoms with Crippen molar-refractivity contribution in [3.8, 4) is 0 Å². The normalized spacial score (nSPS) is 11.3. The first-order chi connectivity index (χ1) is 17.1. The third-order valence-electron chi connectivity index (χ3n) is 5.49. The van der Waals surface area contributed by atoms with Gasteiger partial charge in [-0.1, -0.05) is 63.5 Å². The van der Waals surface area contributed by atoms with Crippen LogP contribution in [0.4, 0.5) is 0 Å². The van der Waals surface area contributed by atoms with Crippen LogP contribution in [0.15, 0.2) is 25.3 Å². The van der Waals surface area contributed by atoms with Gasteiger partial charge in [-0.2, -0.15) is 8.42 Å². The zero-order valence-electron chi connectivity index (χ0n) is 25.3. The molecule has 0 fully saturated rings. The van der Waals surface area contributed by atoms with Gasteiger partial charge >= 0.3 is 83.0 Å². The van der Waals surface area contributed by atoms with Crippen LogP contribution in [-0.4, -0.2) is 42.1 Å². The number of carbonyl (C=O) groups excluding carboxylic acids is 4. The van der Waals surface area contributed by atoms with Gasteiger partial charge in [0.2, 0.25) is 0 Å². The summed E-state index contributed by atoms with van der Waals surface area (Å²) in [4.78, 5) is 47.7. The van der Waals surface area contributed by atoms with Crippen LogP contribution in [-0.2, 0) is 38.8 Å². The van der Waals surface area contributed by atoms with Crippen molar-refractivity contribution in [2.75, 3.05) is 0 Å². The molecular weight excluding hydrogens is 534 g/mol. The van der Waals surface area contributed by atoms with E-state index in [0.717, 1.165) is 77.0 Å². The molecule has 12 heteroatoms. The summed E-state index contributed by atoms with van der Waals surface area (Å²) in [5.41, 5.74) is 0. The first-order valence-electron chi connectivity index (χ1n) is 12.8. The number of esters is 4. The van der Waals surface area contributed by atoms with E-state index in [-0.39, 0.29) is 74.8 Å². The van der Waals surface area contributed by atoms with E-state index < -0.39 is 45.7 Å². The van der Waals surface area contributed by atoms with Crippen molar-refractivity contribution in [1.82, 2.24) is 0 Å². The maximum absolute atomic E-state index is 12.1. The number of hydrogen-bond donors (Lipinski definition) is 1. The van der Waals surface area contributed by atoms with Crippen LogP contribution >= 0.6 is 0 Å². The van der Waals surface area contributed by atoms with Crippen LogP contribution < -0.4 is 59.1 Å². The van der Waals surface area contributed by atoms with Gasteiger partial charge in [-0.25, -0.2) is 0 Å². The predicted octanol–water partition coefficient (Wildman–Crippen LogP) is -0.381. The third-order valence-corrected chi connectivity index (χ3v) is 6.57. The number of carbonyl (C=O) groups is 4. The summed E-state index contributed by atoms with van der Waals surface area (Å²) < 4.78 is 41.5. The van der Waals surface area contributed by atoms with Crippen molar-refractivity contribution in [2.24, 2.45) is 0 Å². The van der Waals surface area contributed by atoms with E-state index >= 15 is 0 Å². The summed E-state index contributed by atoms with van der Waals surface area (Å²) in [6, 6.07) is 0. The number of hydrogen-bond acceptors (Lipinski definition) is 8. The molecule has 1 atom stereocenters. The summed E-state index contributed by atoms with van der Waals surface area (Å²) in [5, 5.41) is -2.35. The van der Waals surface area contributed by atoms with Crippen LogP contribution in [0.25, 0.3) is 0 Å². The Hall–Kier alpha value is -0.330. The van der Waals surface area contributed by atoms with Gasteiger partial charge in [0.1, 0.15) is 0 Å². The minimum absolute atomic E-state index is 0. The van der Waals surface area contributed by atoms with Crippen molar-refractivity contribution >= 4 is 34.0 Å². The molecule has 0 saturated carbocycles. The molecule has 0 aromatic carbocycles. The Balaban J connectivity index is -0.00000102. The number of unbranched alkanes of at least 4 members (excludes halogenated alkanes) is 12. The van der Waals surface area contributed by atoms with Crippen molar-refractivity contribution < 1.29 is 104 Å². The zero-order valence-corrected chi connectivity index (χ0v) is 28.1. The second-order valence-electron chi connectivity index (χ2n) is 8.74. The summed E-state index contributed by atoms with van der Waals surface area (Å²) in [6.07, 6.45) is 15.0. The smallest absolute Gasteiger partial charge is 1.00 e. The van der Waals surface area contributed by atoms with Gasteiger partial charge in [-0.15, -0.1) is 13.2 Å². The van der Waals surface area contributed by atoms with E-state index in [4.69, 9.17) is 0 Å². The largest absolute Gasteiger partial charge is 1.00 e. The Morgan fingerprint density at radius 3 is 1.42 bits per heavy atom. The van der Waals surface area contributed by atoms with Gasteiger partial charge in [0.15, 0.2) is 5.25 Å². The molecule has 0 heterocycles.